The van der Waals surface area contributed by atoms with Gasteiger partial charge in [0, 0.05) is 6.20 Å². The van der Waals surface area contributed by atoms with E-state index in [1.807, 2.05) is 0 Å². The quantitative estimate of drug-likeness (QED) is 0.516. The molecule has 0 unspecified atom stereocenters. The molecule has 3 heterocycles. The van der Waals surface area contributed by atoms with E-state index in [9.17, 15) is 14.0 Å². The Bertz CT molecular complexity index is 1330. The van der Waals surface area contributed by atoms with E-state index >= 15 is 0 Å². The fourth-order valence-electron chi connectivity index (χ4n) is 3.78. The standard InChI is InChI=1S/C23H15FN2O4/c1-29-15-8-5-13(6-9-15)20-19-21(27)16-12-14(24)7-10-17(16)30-22(19)23(28)26(20)18-4-2-3-11-25-18/h2-12,20H,1H3/t20-/m0/s1. The van der Waals surface area contributed by atoms with E-state index < -0.39 is 23.2 Å². The Kier molecular flexibility index (Phi) is 4.10. The minimum Gasteiger partial charge on any atom is -0.497 e. The summed E-state index contributed by atoms with van der Waals surface area (Å²) in [5.41, 5.74) is 0.550. The number of benzene rings is 2. The van der Waals surface area contributed by atoms with Crippen molar-refractivity contribution >= 4 is 22.7 Å². The molecule has 1 aliphatic rings. The van der Waals surface area contributed by atoms with Crippen molar-refractivity contribution in [1.29, 1.82) is 0 Å². The molecule has 0 spiro atoms. The molecule has 6 nitrogen and oxygen atoms in total. The summed E-state index contributed by atoms with van der Waals surface area (Å²) in [5, 5.41) is 0.0860. The van der Waals surface area contributed by atoms with Gasteiger partial charge in [-0.25, -0.2) is 9.37 Å². The van der Waals surface area contributed by atoms with Crippen molar-refractivity contribution in [2.24, 2.45) is 0 Å². The molecule has 2 aromatic carbocycles. The zero-order chi connectivity index (χ0) is 20.8. The first-order valence-corrected chi connectivity index (χ1v) is 9.23. The summed E-state index contributed by atoms with van der Waals surface area (Å²) < 4.78 is 24.8. The van der Waals surface area contributed by atoms with Crippen molar-refractivity contribution < 1.29 is 18.3 Å². The molecule has 2 aromatic heterocycles. The molecule has 5 rings (SSSR count). The second-order valence-electron chi connectivity index (χ2n) is 6.85. The van der Waals surface area contributed by atoms with Crippen molar-refractivity contribution in [2.75, 3.05) is 12.0 Å². The van der Waals surface area contributed by atoms with Gasteiger partial charge in [-0.1, -0.05) is 18.2 Å². The average Bonchev–Trinajstić information content (AvgIpc) is 3.07. The number of carbonyl (C=O) groups is 1. The second kappa shape index (κ2) is 6.81. The number of carbonyl (C=O) groups excluding carboxylic acids is 1. The predicted octanol–water partition coefficient (Wildman–Crippen LogP) is 4.09. The van der Waals surface area contributed by atoms with Crippen molar-refractivity contribution in [3.8, 4) is 5.75 Å². The van der Waals surface area contributed by atoms with E-state index in [0.717, 1.165) is 6.07 Å². The van der Waals surface area contributed by atoms with Gasteiger partial charge in [0.25, 0.3) is 5.91 Å². The Morgan fingerprint density at radius 3 is 2.57 bits per heavy atom. The first-order valence-electron chi connectivity index (χ1n) is 9.23. The molecular weight excluding hydrogens is 387 g/mol. The van der Waals surface area contributed by atoms with E-state index in [2.05, 4.69) is 4.98 Å². The van der Waals surface area contributed by atoms with Gasteiger partial charge in [0.15, 0.2) is 5.43 Å². The predicted molar refractivity (Wildman–Crippen MR) is 108 cm³/mol. The lowest BCUT2D eigenvalue weighted by atomic mass is 9.98. The van der Waals surface area contributed by atoms with Gasteiger partial charge in [-0.15, -0.1) is 0 Å². The zero-order valence-corrected chi connectivity index (χ0v) is 15.8. The van der Waals surface area contributed by atoms with Crippen LogP contribution in [-0.2, 0) is 0 Å². The number of halogens is 1. The highest BCUT2D eigenvalue weighted by Gasteiger charge is 2.44. The highest BCUT2D eigenvalue weighted by molar-refractivity contribution is 6.10. The Balaban J connectivity index is 1.80. The molecule has 1 amide bonds. The molecular formula is C23H15FN2O4. The summed E-state index contributed by atoms with van der Waals surface area (Å²) in [5.74, 6) is -0.0790. The molecule has 0 aliphatic carbocycles. The summed E-state index contributed by atoms with van der Waals surface area (Å²) in [4.78, 5) is 32.4. The number of amides is 1. The van der Waals surface area contributed by atoms with Crippen LogP contribution in [0.5, 0.6) is 5.75 Å². The van der Waals surface area contributed by atoms with Gasteiger partial charge in [-0.05, 0) is 48.0 Å². The second-order valence-corrected chi connectivity index (χ2v) is 6.85. The molecule has 1 atom stereocenters. The Morgan fingerprint density at radius 1 is 1.07 bits per heavy atom. The fraction of sp³-hybridized carbons (Fsp3) is 0.0870. The molecule has 4 aromatic rings. The van der Waals surface area contributed by atoms with Crippen molar-refractivity contribution in [1.82, 2.24) is 4.98 Å². The summed E-state index contributed by atoms with van der Waals surface area (Å²) in [6.45, 7) is 0. The number of ether oxygens (including phenoxy) is 1. The van der Waals surface area contributed by atoms with Crippen molar-refractivity contribution in [3.05, 3.63) is 99.8 Å². The normalized spacial score (nSPS) is 15.5. The number of methoxy groups -OCH3 is 1. The summed E-state index contributed by atoms with van der Waals surface area (Å²) in [7, 11) is 1.55. The van der Waals surface area contributed by atoms with Crippen molar-refractivity contribution in [2.45, 2.75) is 6.04 Å². The zero-order valence-electron chi connectivity index (χ0n) is 15.8. The molecule has 0 saturated carbocycles. The maximum atomic E-state index is 13.8. The van der Waals surface area contributed by atoms with E-state index in [1.54, 1.807) is 55.8 Å². The molecule has 0 fully saturated rings. The van der Waals surface area contributed by atoms with Crippen LogP contribution in [0.2, 0.25) is 0 Å². The molecule has 0 radical (unpaired) electrons. The Hall–Kier alpha value is -4.00. The van der Waals surface area contributed by atoms with Crippen molar-refractivity contribution in [3.63, 3.8) is 0 Å². The number of hydrogen-bond donors (Lipinski definition) is 0. The van der Waals surface area contributed by atoms with E-state index in [0.29, 0.717) is 17.1 Å². The van der Waals surface area contributed by atoms with Gasteiger partial charge in [0.2, 0.25) is 5.76 Å². The third-order valence-electron chi connectivity index (χ3n) is 5.16. The van der Waals surface area contributed by atoms with Crippen LogP contribution in [-0.4, -0.2) is 18.0 Å². The number of hydrogen-bond acceptors (Lipinski definition) is 5. The number of nitrogens with zero attached hydrogens (tertiary/aromatic N) is 2. The topological polar surface area (TPSA) is 72.6 Å². The van der Waals surface area contributed by atoms with E-state index in [4.69, 9.17) is 9.15 Å². The first kappa shape index (κ1) is 18.1. The van der Waals surface area contributed by atoms with Gasteiger partial charge in [-0.2, -0.15) is 0 Å². The van der Waals surface area contributed by atoms with Crippen LogP contribution in [0.3, 0.4) is 0 Å². The molecule has 0 saturated heterocycles. The van der Waals surface area contributed by atoms with E-state index in [-0.39, 0.29) is 22.3 Å². The molecule has 148 valence electrons. The van der Waals surface area contributed by atoms with Gasteiger partial charge in [0.05, 0.1) is 24.1 Å². The molecule has 0 bridgehead atoms. The largest absolute Gasteiger partial charge is 0.497 e. The highest BCUT2D eigenvalue weighted by atomic mass is 19.1. The number of pyridine rings is 1. The summed E-state index contributed by atoms with van der Waals surface area (Å²) >= 11 is 0. The Morgan fingerprint density at radius 2 is 1.87 bits per heavy atom. The van der Waals surface area contributed by atoms with Gasteiger partial charge in [-0.3, -0.25) is 14.5 Å². The maximum Gasteiger partial charge on any atom is 0.296 e. The van der Waals surface area contributed by atoms with Crippen LogP contribution in [0.25, 0.3) is 11.0 Å². The van der Waals surface area contributed by atoms with Crippen LogP contribution in [0.1, 0.15) is 27.7 Å². The number of fused-ring (bicyclic) bond motifs is 2. The lowest BCUT2D eigenvalue weighted by Crippen LogP contribution is -2.30. The van der Waals surface area contributed by atoms with Gasteiger partial charge in [0.1, 0.15) is 23.0 Å². The van der Waals surface area contributed by atoms with Crippen LogP contribution in [0, 0.1) is 5.82 Å². The van der Waals surface area contributed by atoms with Gasteiger partial charge < -0.3 is 9.15 Å². The maximum absolute atomic E-state index is 13.8. The monoisotopic (exact) mass is 402 g/mol. The number of rotatable bonds is 3. The Labute approximate surface area is 170 Å². The number of anilines is 1. The lowest BCUT2D eigenvalue weighted by Gasteiger charge is -2.24. The van der Waals surface area contributed by atoms with Gasteiger partial charge >= 0.3 is 0 Å². The van der Waals surface area contributed by atoms with Crippen LogP contribution in [0.4, 0.5) is 10.2 Å². The lowest BCUT2D eigenvalue weighted by molar-refractivity contribution is 0.0970. The van der Waals surface area contributed by atoms with Crippen LogP contribution in [0.15, 0.2) is 76.1 Å². The fourth-order valence-corrected chi connectivity index (χ4v) is 3.78. The minimum atomic E-state index is -0.766. The van der Waals surface area contributed by atoms with Crippen LogP contribution >= 0.6 is 0 Å². The highest BCUT2D eigenvalue weighted by Crippen LogP contribution is 2.40. The average molecular weight is 402 g/mol. The molecule has 7 heteroatoms. The molecule has 1 aliphatic heterocycles. The smallest absolute Gasteiger partial charge is 0.296 e. The molecule has 0 N–H and O–H groups in total. The minimum absolute atomic E-state index is 0.0643. The first-order chi connectivity index (χ1) is 14.6. The summed E-state index contributed by atoms with van der Waals surface area (Å²) in [6.07, 6.45) is 1.57. The third kappa shape index (κ3) is 2.67. The molecule has 30 heavy (non-hydrogen) atoms. The summed E-state index contributed by atoms with van der Waals surface area (Å²) in [6, 6.07) is 15.1. The number of aromatic nitrogens is 1. The van der Waals surface area contributed by atoms with E-state index in [1.165, 1.54) is 17.0 Å². The van der Waals surface area contributed by atoms with Crippen LogP contribution < -0.4 is 15.1 Å². The third-order valence-corrected chi connectivity index (χ3v) is 5.16. The SMILES string of the molecule is COc1ccc([C@H]2c3c(oc4ccc(F)cc4c3=O)C(=O)N2c2ccccn2)cc1.